The molecule has 2 aromatic rings. The maximum atomic E-state index is 13.6. The summed E-state index contributed by atoms with van der Waals surface area (Å²) in [5, 5.41) is 19.5. The van der Waals surface area contributed by atoms with Crippen molar-refractivity contribution in [1.29, 1.82) is 0 Å². The fraction of sp³-hybridized carbons (Fsp3) is 0.200. The average Bonchev–Trinajstić information content (AvgIpc) is 2.70. The molecule has 0 amide bonds. The molecule has 94 valence electrons. The van der Waals surface area contributed by atoms with Crippen LogP contribution >= 0.6 is 11.6 Å². The fourth-order valence-electron chi connectivity index (χ4n) is 1.46. The Morgan fingerprint density at radius 2 is 2.28 bits per heavy atom. The van der Waals surface area contributed by atoms with E-state index < -0.39 is 11.8 Å². The number of hydrogen-bond acceptors (Lipinski definition) is 4. The quantitative estimate of drug-likeness (QED) is 0.901. The lowest BCUT2D eigenvalue weighted by Crippen LogP contribution is -2.14. The predicted molar refractivity (Wildman–Crippen MR) is 59.7 cm³/mol. The van der Waals surface area contributed by atoms with Crippen LogP contribution in [0.15, 0.2) is 18.2 Å². The minimum atomic E-state index is -1.08. The van der Waals surface area contributed by atoms with Crippen LogP contribution < -0.4 is 0 Å². The SMILES string of the molecule is O=C(O)Cn1nnnc1Cc1c(F)cccc1Cl. The summed E-state index contributed by atoms with van der Waals surface area (Å²) in [5.41, 5.74) is 0.237. The Morgan fingerprint density at radius 1 is 1.50 bits per heavy atom. The molecule has 0 atom stereocenters. The van der Waals surface area contributed by atoms with E-state index in [-0.39, 0.29) is 29.4 Å². The lowest BCUT2D eigenvalue weighted by Gasteiger charge is -2.05. The molecule has 0 spiro atoms. The summed E-state index contributed by atoms with van der Waals surface area (Å²) in [6, 6.07) is 4.30. The Kier molecular flexibility index (Phi) is 3.52. The van der Waals surface area contributed by atoms with E-state index in [1.54, 1.807) is 6.07 Å². The van der Waals surface area contributed by atoms with Crippen molar-refractivity contribution in [3.05, 3.63) is 40.4 Å². The zero-order chi connectivity index (χ0) is 13.1. The first kappa shape index (κ1) is 12.4. The van der Waals surface area contributed by atoms with Gasteiger partial charge in [-0.1, -0.05) is 17.7 Å². The molecule has 0 fully saturated rings. The van der Waals surface area contributed by atoms with E-state index in [2.05, 4.69) is 15.5 Å². The summed E-state index contributed by atoms with van der Waals surface area (Å²) in [6.45, 7) is -0.381. The van der Waals surface area contributed by atoms with Crippen molar-refractivity contribution in [2.45, 2.75) is 13.0 Å². The molecule has 2 rings (SSSR count). The number of tetrazole rings is 1. The number of carbonyl (C=O) groups is 1. The van der Waals surface area contributed by atoms with Crippen molar-refractivity contribution >= 4 is 17.6 Å². The van der Waals surface area contributed by atoms with Gasteiger partial charge in [0.05, 0.1) is 0 Å². The third kappa shape index (κ3) is 2.62. The standard InChI is InChI=1S/C10H8ClFN4O2/c11-7-2-1-3-8(12)6(7)4-9-13-14-15-16(9)5-10(17)18/h1-3H,4-5H2,(H,17,18). The van der Waals surface area contributed by atoms with E-state index in [9.17, 15) is 9.18 Å². The number of halogens is 2. The van der Waals surface area contributed by atoms with Gasteiger partial charge in [0.1, 0.15) is 12.4 Å². The summed E-state index contributed by atoms with van der Waals surface area (Å²) >= 11 is 5.87. The lowest BCUT2D eigenvalue weighted by atomic mass is 10.1. The number of aliphatic carboxylic acids is 1. The number of rotatable bonds is 4. The van der Waals surface area contributed by atoms with E-state index in [1.807, 2.05) is 0 Å². The fourth-order valence-corrected chi connectivity index (χ4v) is 1.69. The monoisotopic (exact) mass is 270 g/mol. The van der Waals surface area contributed by atoms with Gasteiger partial charge in [0.25, 0.3) is 0 Å². The van der Waals surface area contributed by atoms with Crippen LogP contribution in [-0.4, -0.2) is 31.3 Å². The Morgan fingerprint density at radius 3 is 2.94 bits per heavy atom. The molecule has 1 heterocycles. The maximum absolute atomic E-state index is 13.6. The van der Waals surface area contributed by atoms with Gasteiger partial charge >= 0.3 is 5.97 Å². The number of hydrogen-bond donors (Lipinski definition) is 1. The van der Waals surface area contributed by atoms with Gasteiger partial charge in [0, 0.05) is 17.0 Å². The first-order valence-electron chi connectivity index (χ1n) is 4.97. The number of carboxylic acid groups (broad SMARTS) is 1. The minimum absolute atomic E-state index is 0.0335. The van der Waals surface area contributed by atoms with E-state index >= 15 is 0 Å². The molecule has 1 N–H and O–H groups in total. The molecule has 0 bridgehead atoms. The Bertz CT molecular complexity index is 567. The van der Waals surface area contributed by atoms with Gasteiger partial charge in [-0.3, -0.25) is 4.79 Å². The zero-order valence-electron chi connectivity index (χ0n) is 9.05. The first-order chi connectivity index (χ1) is 8.58. The second-order valence-electron chi connectivity index (χ2n) is 3.52. The zero-order valence-corrected chi connectivity index (χ0v) is 9.80. The highest BCUT2D eigenvalue weighted by Gasteiger charge is 2.14. The van der Waals surface area contributed by atoms with E-state index in [0.717, 1.165) is 4.68 Å². The number of carboxylic acids is 1. The Hall–Kier alpha value is -2.02. The lowest BCUT2D eigenvalue weighted by molar-refractivity contribution is -0.138. The largest absolute Gasteiger partial charge is 0.480 e. The molecule has 0 aliphatic rings. The summed E-state index contributed by atoms with van der Waals surface area (Å²) in [4.78, 5) is 10.6. The van der Waals surface area contributed by atoms with Crippen molar-refractivity contribution in [1.82, 2.24) is 20.2 Å². The van der Waals surface area contributed by atoms with Crippen LogP contribution in [-0.2, 0) is 17.8 Å². The minimum Gasteiger partial charge on any atom is -0.480 e. The number of nitrogens with zero attached hydrogens (tertiary/aromatic N) is 4. The van der Waals surface area contributed by atoms with E-state index in [1.165, 1.54) is 12.1 Å². The van der Waals surface area contributed by atoms with Gasteiger partial charge in [-0.15, -0.1) is 5.10 Å². The third-order valence-corrected chi connectivity index (χ3v) is 2.64. The van der Waals surface area contributed by atoms with Crippen molar-refractivity contribution in [2.24, 2.45) is 0 Å². The molecule has 8 heteroatoms. The number of aromatic nitrogens is 4. The van der Waals surface area contributed by atoms with Gasteiger partial charge in [0.2, 0.25) is 0 Å². The average molecular weight is 271 g/mol. The van der Waals surface area contributed by atoms with Gasteiger partial charge in [-0.2, -0.15) is 0 Å². The van der Waals surface area contributed by atoms with Crippen LogP contribution in [0.5, 0.6) is 0 Å². The molecule has 18 heavy (non-hydrogen) atoms. The van der Waals surface area contributed by atoms with Gasteiger partial charge in [0.15, 0.2) is 5.82 Å². The highest BCUT2D eigenvalue weighted by atomic mass is 35.5. The summed E-state index contributed by atoms with van der Waals surface area (Å²) in [6.07, 6.45) is 0.0335. The Labute approximate surface area is 106 Å². The molecule has 0 aliphatic carbocycles. The highest BCUT2D eigenvalue weighted by Crippen LogP contribution is 2.21. The second kappa shape index (κ2) is 5.09. The Balaban J connectivity index is 2.29. The summed E-state index contributed by atoms with van der Waals surface area (Å²) in [5.74, 6) is -1.32. The first-order valence-corrected chi connectivity index (χ1v) is 5.35. The van der Waals surface area contributed by atoms with Crippen LogP contribution in [0.1, 0.15) is 11.4 Å². The summed E-state index contributed by atoms with van der Waals surface area (Å²) < 4.78 is 14.6. The molecule has 1 aromatic carbocycles. The highest BCUT2D eigenvalue weighted by molar-refractivity contribution is 6.31. The van der Waals surface area contributed by atoms with Crippen LogP contribution in [0.3, 0.4) is 0 Å². The smallest absolute Gasteiger partial charge is 0.325 e. The molecule has 0 saturated carbocycles. The molecule has 0 aliphatic heterocycles. The molecule has 1 aromatic heterocycles. The molecule has 0 unspecified atom stereocenters. The molecular weight excluding hydrogens is 263 g/mol. The number of benzene rings is 1. The molecule has 0 radical (unpaired) electrons. The van der Waals surface area contributed by atoms with Crippen LogP contribution in [0, 0.1) is 5.82 Å². The van der Waals surface area contributed by atoms with Crippen LogP contribution in [0.25, 0.3) is 0 Å². The van der Waals surface area contributed by atoms with Gasteiger partial charge < -0.3 is 5.11 Å². The van der Waals surface area contributed by atoms with E-state index in [0.29, 0.717) is 0 Å². The predicted octanol–water partition coefficient (Wildman–Crippen LogP) is 1.14. The maximum Gasteiger partial charge on any atom is 0.325 e. The normalized spacial score (nSPS) is 10.6. The van der Waals surface area contributed by atoms with Crippen molar-refractivity contribution in [3.63, 3.8) is 0 Å². The topological polar surface area (TPSA) is 80.9 Å². The van der Waals surface area contributed by atoms with Gasteiger partial charge in [-0.05, 0) is 22.6 Å². The van der Waals surface area contributed by atoms with Crippen LogP contribution in [0.2, 0.25) is 5.02 Å². The molecular formula is C10H8ClFN4O2. The molecule has 0 saturated heterocycles. The molecule has 6 nitrogen and oxygen atoms in total. The van der Waals surface area contributed by atoms with E-state index in [4.69, 9.17) is 16.7 Å². The second-order valence-corrected chi connectivity index (χ2v) is 3.93. The van der Waals surface area contributed by atoms with Crippen molar-refractivity contribution in [3.8, 4) is 0 Å². The van der Waals surface area contributed by atoms with Crippen molar-refractivity contribution < 1.29 is 14.3 Å². The van der Waals surface area contributed by atoms with Crippen molar-refractivity contribution in [2.75, 3.05) is 0 Å². The third-order valence-electron chi connectivity index (χ3n) is 2.29. The summed E-state index contributed by atoms with van der Waals surface area (Å²) in [7, 11) is 0. The van der Waals surface area contributed by atoms with Gasteiger partial charge in [-0.25, -0.2) is 9.07 Å². The van der Waals surface area contributed by atoms with Crippen LogP contribution in [0.4, 0.5) is 4.39 Å².